The Labute approximate surface area is 119 Å². The fourth-order valence-electron chi connectivity index (χ4n) is 4.26. The minimum Gasteiger partial charge on any atom is -0.292 e. The monoisotopic (exact) mass is 265 g/mol. The van der Waals surface area contributed by atoms with E-state index in [2.05, 4.69) is 29.3 Å². The molecule has 1 heterocycles. The Morgan fingerprint density at radius 2 is 1.90 bits per heavy atom. The second-order valence-corrected chi connectivity index (χ2v) is 6.30. The minimum atomic E-state index is -0.222. The van der Waals surface area contributed by atoms with Gasteiger partial charge in [0, 0.05) is 17.2 Å². The highest BCUT2D eigenvalue weighted by Gasteiger charge is 2.47. The zero-order valence-electron chi connectivity index (χ0n) is 11.9. The number of rotatable bonds is 0. The van der Waals surface area contributed by atoms with E-state index in [4.69, 9.17) is 0 Å². The first kappa shape index (κ1) is 12.1. The molecule has 1 fully saturated rings. The van der Waals surface area contributed by atoms with Gasteiger partial charge in [-0.3, -0.25) is 9.79 Å². The van der Waals surface area contributed by atoms with E-state index in [1.807, 2.05) is 13.1 Å². The molecule has 2 aliphatic carbocycles. The molecular weight excluding hydrogens is 246 g/mol. The molecule has 0 saturated heterocycles. The molecule has 1 spiro atoms. The summed E-state index contributed by atoms with van der Waals surface area (Å²) >= 11 is 0. The number of carbonyl (C=O) groups is 1. The Morgan fingerprint density at radius 1 is 1.15 bits per heavy atom. The van der Waals surface area contributed by atoms with Crippen LogP contribution >= 0.6 is 0 Å². The van der Waals surface area contributed by atoms with E-state index in [9.17, 15) is 4.79 Å². The van der Waals surface area contributed by atoms with Gasteiger partial charge in [0.1, 0.15) is 6.04 Å². The molecule has 102 valence electrons. The predicted octanol–water partition coefficient (Wildman–Crippen LogP) is 3.70. The van der Waals surface area contributed by atoms with Gasteiger partial charge < -0.3 is 0 Å². The van der Waals surface area contributed by atoms with Crippen molar-refractivity contribution in [3.8, 4) is 0 Å². The molecule has 1 atom stereocenters. The largest absolute Gasteiger partial charge is 0.292 e. The summed E-state index contributed by atoms with van der Waals surface area (Å²) in [5.74, 6) is 0.206. The van der Waals surface area contributed by atoms with Crippen molar-refractivity contribution in [2.75, 3.05) is 0 Å². The maximum atomic E-state index is 12.6. The Morgan fingerprint density at radius 3 is 2.70 bits per heavy atom. The van der Waals surface area contributed by atoms with E-state index in [1.165, 1.54) is 36.0 Å². The number of hydrogen-bond acceptors (Lipinski definition) is 2. The lowest BCUT2D eigenvalue weighted by Crippen LogP contribution is -2.32. The molecule has 0 aromatic heterocycles. The number of fused-ring (bicyclic) bond motifs is 4. The summed E-state index contributed by atoms with van der Waals surface area (Å²) < 4.78 is 0. The fraction of sp³-hybridized carbons (Fsp3) is 0.444. The van der Waals surface area contributed by atoms with Crippen molar-refractivity contribution in [2.45, 2.75) is 50.5 Å². The lowest BCUT2D eigenvalue weighted by Gasteiger charge is -2.37. The number of nitrogens with zero attached hydrogens (tertiary/aromatic N) is 1. The maximum Gasteiger partial charge on any atom is 0.187 e. The van der Waals surface area contributed by atoms with E-state index in [0.29, 0.717) is 0 Å². The highest BCUT2D eigenvalue weighted by atomic mass is 16.1. The minimum absolute atomic E-state index is 0.0729. The van der Waals surface area contributed by atoms with Crippen LogP contribution in [0.4, 0.5) is 0 Å². The van der Waals surface area contributed by atoms with Crippen molar-refractivity contribution in [1.29, 1.82) is 0 Å². The van der Waals surface area contributed by atoms with Gasteiger partial charge in [0.15, 0.2) is 5.78 Å². The number of aliphatic imine (C=N–C) groups is 1. The average Bonchev–Trinajstić information content (AvgIpc) is 2.75. The highest BCUT2D eigenvalue weighted by molar-refractivity contribution is 6.31. The quantitative estimate of drug-likeness (QED) is 0.703. The van der Waals surface area contributed by atoms with Crippen LogP contribution in [0.3, 0.4) is 0 Å². The summed E-state index contributed by atoms with van der Waals surface area (Å²) in [6.45, 7) is 1.90. The van der Waals surface area contributed by atoms with E-state index in [-0.39, 0.29) is 17.2 Å². The van der Waals surface area contributed by atoms with Gasteiger partial charge in [0.2, 0.25) is 0 Å². The van der Waals surface area contributed by atoms with Gasteiger partial charge in [-0.15, -0.1) is 0 Å². The Hall–Kier alpha value is -1.70. The first-order valence-corrected chi connectivity index (χ1v) is 7.66. The second-order valence-electron chi connectivity index (χ2n) is 6.30. The zero-order chi connectivity index (χ0) is 13.7. The lowest BCUT2D eigenvalue weighted by molar-refractivity contribution is -0.114. The molecule has 1 aromatic carbocycles. The summed E-state index contributed by atoms with van der Waals surface area (Å²) in [7, 11) is 0. The van der Waals surface area contributed by atoms with E-state index in [1.54, 1.807) is 0 Å². The summed E-state index contributed by atoms with van der Waals surface area (Å²) in [5, 5.41) is 0. The Bertz CT molecular complexity index is 647. The van der Waals surface area contributed by atoms with E-state index in [0.717, 1.165) is 18.4 Å². The van der Waals surface area contributed by atoms with Gasteiger partial charge in [0.25, 0.3) is 0 Å². The number of carbonyl (C=O) groups excluding carboxylic acids is 1. The van der Waals surface area contributed by atoms with Crippen LogP contribution in [0, 0.1) is 0 Å². The van der Waals surface area contributed by atoms with Crippen molar-refractivity contribution >= 4 is 17.6 Å². The molecule has 1 aliphatic heterocycles. The van der Waals surface area contributed by atoms with Gasteiger partial charge in [-0.05, 0) is 36.5 Å². The normalized spacial score (nSPS) is 26.9. The lowest BCUT2D eigenvalue weighted by atomic mass is 9.67. The number of hydrogen-bond donors (Lipinski definition) is 0. The van der Waals surface area contributed by atoms with Crippen LogP contribution in [-0.2, 0) is 10.2 Å². The molecule has 1 unspecified atom stereocenters. The van der Waals surface area contributed by atoms with E-state index >= 15 is 0 Å². The predicted molar refractivity (Wildman–Crippen MR) is 81.1 cm³/mol. The molecule has 2 nitrogen and oxygen atoms in total. The Balaban J connectivity index is 1.99. The molecule has 0 bridgehead atoms. The van der Waals surface area contributed by atoms with Gasteiger partial charge in [-0.1, -0.05) is 43.5 Å². The smallest absolute Gasteiger partial charge is 0.187 e. The number of benzene rings is 1. The maximum absolute atomic E-state index is 12.6. The molecule has 20 heavy (non-hydrogen) atoms. The highest BCUT2D eigenvalue weighted by Crippen LogP contribution is 2.54. The van der Waals surface area contributed by atoms with Crippen LogP contribution in [-0.4, -0.2) is 18.0 Å². The van der Waals surface area contributed by atoms with Crippen LogP contribution in [0.1, 0.15) is 50.2 Å². The number of allylic oxidation sites excluding steroid dienone is 1. The number of ketones is 1. The topological polar surface area (TPSA) is 29.4 Å². The molecule has 1 aromatic rings. The molecule has 1 saturated carbocycles. The Kier molecular flexibility index (Phi) is 2.50. The first-order valence-electron chi connectivity index (χ1n) is 7.66. The molecule has 0 amide bonds. The summed E-state index contributed by atoms with van der Waals surface area (Å²) in [4.78, 5) is 17.1. The van der Waals surface area contributed by atoms with Gasteiger partial charge >= 0.3 is 0 Å². The van der Waals surface area contributed by atoms with Crippen LogP contribution in [0.25, 0.3) is 5.57 Å². The summed E-state index contributed by atoms with van der Waals surface area (Å²) in [5.41, 5.74) is 4.79. The zero-order valence-corrected chi connectivity index (χ0v) is 11.9. The molecule has 3 aliphatic rings. The van der Waals surface area contributed by atoms with Crippen LogP contribution in [0.5, 0.6) is 0 Å². The van der Waals surface area contributed by atoms with Gasteiger partial charge in [-0.2, -0.15) is 0 Å². The van der Waals surface area contributed by atoms with Crippen LogP contribution in [0.2, 0.25) is 0 Å². The molecular formula is C18H19NO. The van der Waals surface area contributed by atoms with Crippen molar-refractivity contribution < 1.29 is 4.79 Å². The van der Waals surface area contributed by atoms with E-state index < -0.39 is 0 Å². The van der Waals surface area contributed by atoms with Gasteiger partial charge in [-0.25, -0.2) is 0 Å². The third-order valence-corrected chi connectivity index (χ3v) is 5.26. The molecule has 0 radical (unpaired) electrons. The van der Waals surface area contributed by atoms with Crippen molar-refractivity contribution in [1.82, 2.24) is 0 Å². The second kappa shape index (κ2) is 4.15. The summed E-state index contributed by atoms with van der Waals surface area (Å²) in [6.07, 6.45) is 8.15. The van der Waals surface area contributed by atoms with Gasteiger partial charge in [0.05, 0.1) is 0 Å². The third-order valence-electron chi connectivity index (χ3n) is 5.26. The first-order chi connectivity index (χ1) is 9.74. The standard InChI is InChI=1S/C18H19NO/c1-12-17(20)16-13-7-3-4-8-14(13)18(15(16)11-19-12)9-5-2-6-10-18/h3-4,7-8,11-12H,2,5-6,9-10H2,1H3. The van der Waals surface area contributed by atoms with Crippen molar-refractivity contribution in [3.63, 3.8) is 0 Å². The average molecular weight is 265 g/mol. The molecule has 4 rings (SSSR count). The summed E-state index contributed by atoms with van der Waals surface area (Å²) in [6, 6.07) is 8.29. The fourth-order valence-corrected chi connectivity index (χ4v) is 4.26. The number of dihydropyridines is 1. The molecule has 2 heteroatoms. The third kappa shape index (κ3) is 1.39. The molecule has 0 N–H and O–H groups in total. The van der Waals surface area contributed by atoms with Crippen molar-refractivity contribution in [2.24, 2.45) is 4.99 Å². The van der Waals surface area contributed by atoms with Crippen LogP contribution in [0.15, 0.2) is 34.8 Å². The van der Waals surface area contributed by atoms with Crippen LogP contribution < -0.4 is 0 Å². The SMILES string of the molecule is CC1N=CC2=C(C1=O)c1ccccc1C21CCCCC1. The number of Topliss-reactive ketones (excluding diaryl/α,β-unsaturated/α-hetero) is 1. The van der Waals surface area contributed by atoms with Crippen molar-refractivity contribution in [3.05, 3.63) is 41.0 Å².